The Labute approximate surface area is 198 Å². The molecule has 174 valence electrons. The molecule has 7 heteroatoms. The lowest BCUT2D eigenvalue weighted by Crippen LogP contribution is -2.29. The maximum absolute atomic E-state index is 13.2. The Morgan fingerprint density at radius 1 is 1.09 bits per heavy atom. The van der Waals surface area contributed by atoms with Gasteiger partial charge in [0.1, 0.15) is 17.3 Å². The van der Waals surface area contributed by atoms with E-state index in [1.807, 2.05) is 32.0 Å². The zero-order valence-electron chi connectivity index (χ0n) is 19.3. The summed E-state index contributed by atoms with van der Waals surface area (Å²) in [5.41, 5.74) is 1.76. The Hall–Kier alpha value is -4.13. The van der Waals surface area contributed by atoms with Gasteiger partial charge in [-0.1, -0.05) is 36.4 Å². The second-order valence-corrected chi connectivity index (χ2v) is 8.22. The van der Waals surface area contributed by atoms with Crippen LogP contribution in [0.2, 0.25) is 0 Å². The maximum atomic E-state index is 13.2. The van der Waals surface area contributed by atoms with E-state index >= 15 is 0 Å². The first-order valence-electron chi connectivity index (χ1n) is 11.0. The fraction of sp³-hybridized carbons (Fsp3) is 0.222. The van der Waals surface area contributed by atoms with E-state index < -0.39 is 17.7 Å². The molecule has 1 saturated heterocycles. The van der Waals surface area contributed by atoms with Crippen LogP contribution in [0.15, 0.2) is 78.6 Å². The highest BCUT2D eigenvalue weighted by Gasteiger charge is 2.46. The highest BCUT2D eigenvalue weighted by atomic mass is 16.5. The van der Waals surface area contributed by atoms with Gasteiger partial charge in [0.15, 0.2) is 0 Å². The largest absolute Gasteiger partial charge is 0.507 e. The first kappa shape index (κ1) is 23.0. The van der Waals surface area contributed by atoms with E-state index in [0.717, 1.165) is 5.56 Å². The van der Waals surface area contributed by atoms with E-state index in [0.29, 0.717) is 22.6 Å². The number of hydrogen-bond acceptors (Lipinski definition) is 6. The smallest absolute Gasteiger partial charge is 0.295 e. The zero-order valence-corrected chi connectivity index (χ0v) is 19.3. The summed E-state index contributed by atoms with van der Waals surface area (Å²) in [4.78, 5) is 32.0. The van der Waals surface area contributed by atoms with Gasteiger partial charge < -0.3 is 19.5 Å². The number of carbonyl (C=O) groups excluding carboxylic acids is 2. The third-order valence-electron chi connectivity index (χ3n) is 5.55. The number of aromatic nitrogens is 1. The predicted molar refractivity (Wildman–Crippen MR) is 127 cm³/mol. The number of para-hydroxylation sites is 1. The highest BCUT2D eigenvalue weighted by Crippen LogP contribution is 2.41. The maximum Gasteiger partial charge on any atom is 0.295 e. The third-order valence-corrected chi connectivity index (χ3v) is 5.55. The van der Waals surface area contributed by atoms with Crippen molar-refractivity contribution in [3.05, 3.63) is 95.3 Å². The molecule has 4 rings (SSSR count). The van der Waals surface area contributed by atoms with Gasteiger partial charge in [-0.25, -0.2) is 0 Å². The van der Waals surface area contributed by atoms with Gasteiger partial charge in [0.05, 0.1) is 31.4 Å². The van der Waals surface area contributed by atoms with Crippen LogP contribution in [0.1, 0.15) is 36.6 Å². The number of methoxy groups -OCH3 is 1. The molecule has 1 fully saturated rings. The van der Waals surface area contributed by atoms with Gasteiger partial charge in [0, 0.05) is 23.5 Å². The standard InChI is InChI=1S/C27H26N2O5/c1-17(2)34-21-11-6-9-18(14-21)25(30)23-24(19-10-7-13-28-15-19)29(27(32)26(23)31)16-20-8-4-5-12-22(20)33-3/h4-15,17,24,30H,16H2,1-3H3/b25-23-. The molecular formula is C27H26N2O5. The van der Waals surface area contributed by atoms with E-state index in [-0.39, 0.29) is 24.0 Å². The number of benzene rings is 2. The van der Waals surface area contributed by atoms with Crippen LogP contribution in [0.5, 0.6) is 11.5 Å². The number of carbonyl (C=O) groups is 2. The number of ether oxygens (including phenoxy) is 2. The van der Waals surface area contributed by atoms with Gasteiger partial charge in [-0.05, 0) is 43.7 Å². The summed E-state index contributed by atoms with van der Waals surface area (Å²) in [7, 11) is 1.55. The van der Waals surface area contributed by atoms with Crippen molar-refractivity contribution in [3.8, 4) is 11.5 Å². The Morgan fingerprint density at radius 2 is 1.88 bits per heavy atom. The third kappa shape index (κ3) is 4.50. The number of ketones is 1. The van der Waals surface area contributed by atoms with Crippen LogP contribution in [0.3, 0.4) is 0 Å². The fourth-order valence-corrected chi connectivity index (χ4v) is 4.09. The van der Waals surface area contributed by atoms with Crippen molar-refractivity contribution in [2.24, 2.45) is 0 Å². The van der Waals surface area contributed by atoms with Crippen molar-refractivity contribution >= 4 is 17.4 Å². The number of Topliss-reactive ketones (excluding diaryl/α,β-unsaturated/α-hetero) is 1. The van der Waals surface area contributed by atoms with Crippen molar-refractivity contribution in [2.75, 3.05) is 7.11 Å². The first-order valence-corrected chi connectivity index (χ1v) is 11.0. The molecule has 0 saturated carbocycles. The Morgan fingerprint density at radius 3 is 2.59 bits per heavy atom. The van der Waals surface area contributed by atoms with Crippen LogP contribution in [0.4, 0.5) is 0 Å². The second-order valence-electron chi connectivity index (χ2n) is 8.22. The predicted octanol–water partition coefficient (Wildman–Crippen LogP) is 4.50. The van der Waals surface area contributed by atoms with Crippen LogP contribution in [0.25, 0.3) is 5.76 Å². The summed E-state index contributed by atoms with van der Waals surface area (Å²) >= 11 is 0. The average Bonchev–Trinajstić information content (AvgIpc) is 3.09. The van der Waals surface area contributed by atoms with Gasteiger partial charge in [-0.15, -0.1) is 0 Å². The molecule has 0 radical (unpaired) electrons. The number of aliphatic hydroxyl groups excluding tert-OH is 1. The minimum Gasteiger partial charge on any atom is -0.507 e. The molecule has 0 spiro atoms. The van der Waals surface area contributed by atoms with Gasteiger partial charge in [-0.3, -0.25) is 14.6 Å². The van der Waals surface area contributed by atoms with Gasteiger partial charge in [-0.2, -0.15) is 0 Å². The normalized spacial score (nSPS) is 17.3. The van der Waals surface area contributed by atoms with Crippen LogP contribution in [-0.2, 0) is 16.1 Å². The molecule has 34 heavy (non-hydrogen) atoms. The lowest BCUT2D eigenvalue weighted by Gasteiger charge is -2.25. The highest BCUT2D eigenvalue weighted by molar-refractivity contribution is 6.46. The van der Waals surface area contributed by atoms with E-state index in [1.165, 1.54) is 4.90 Å². The van der Waals surface area contributed by atoms with Crippen molar-refractivity contribution in [1.82, 2.24) is 9.88 Å². The quantitative estimate of drug-likeness (QED) is 0.319. The van der Waals surface area contributed by atoms with E-state index in [4.69, 9.17) is 9.47 Å². The number of rotatable bonds is 7. The number of pyridine rings is 1. The summed E-state index contributed by atoms with van der Waals surface area (Å²) in [6, 6.07) is 16.9. The molecule has 3 aromatic rings. The van der Waals surface area contributed by atoms with Gasteiger partial charge in [0.2, 0.25) is 0 Å². The lowest BCUT2D eigenvalue weighted by molar-refractivity contribution is -0.140. The molecule has 2 aromatic carbocycles. The van der Waals surface area contributed by atoms with Crippen LogP contribution >= 0.6 is 0 Å². The van der Waals surface area contributed by atoms with Crippen molar-refractivity contribution in [3.63, 3.8) is 0 Å². The molecule has 0 aliphatic carbocycles. The number of nitrogens with zero attached hydrogens (tertiary/aromatic N) is 2. The first-order chi connectivity index (χ1) is 16.4. The van der Waals surface area contributed by atoms with Crippen molar-refractivity contribution in [2.45, 2.75) is 32.5 Å². The van der Waals surface area contributed by atoms with E-state index in [9.17, 15) is 14.7 Å². The molecule has 1 amide bonds. The molecule has 2 heterocycles. The minimum atomic E-state index is -0.812. The lowest BCUT2D eigenvalue weighted by atomic mass is 9.96. The van der Waals surface area contributed by atoms with Crippen molar-refractivity contribution in [1.29, 1.82) is 0 Å². The molecule has 7 nitrogen and oxygen atoms in total. The SMILES string of the molecule is COc1ccccc1CN1C(=O)C(=O)/C(=C(\O)c2cccc(OC(C)C)c2)C1c1cccnc1. The molecule has 0 bridgehead atoms. The number of aliphatic hydroxyl groups is 1. The van der Waals surface area contributed by atoms with Gasteiger partial charge in [0.25, 0.3) is 11.7 Å². The Balaban J connectivity index is 1.83. The zero-order chi connectivity index (χ0) is 24.2. The van der Waals surface area contributed by atoms with Crippen molar-refractivity contribution < 1.29 is 24.2 Å². The Kier molecular flexibility index (Phi) is 6.63. The summed E-state index contributed by atoms with van der Waals surface area (Å²) in [6.45, 7) is 3.93. The molecule has 1 aliphatic heterocycles. The Bertz CT molecular complexity index is 1240. The number of amides is 1. The van der Waals surface area contributed by atoms with Gasteiger partial charge >= 0.3 is 0 Å². The number of hydrogen-bond donors (Lipinski definition) is 1. The monoisotopic (exact) mass is 458 g/mol. The molecule has 1 atom stereocenters. The fourth-order valence-electron chi connectivity index (χ4n) is 4.09. The van der Waals surface area contributed by atoms with Crippen LogP contribution in [-0.4, -0.2) is 39.9 Å². The molecule has 1 unspecified atom stereocenters. The summed E-state index contributed by atoms with van der Waals surface area (Å²) in [5, 5.41) is 11.3. The van der Waals surface area contributed by atoms with E-state index in [1.54, 1.807) is 62.0 Å². The molecular weight excluding hydrogens is 432 g/mol. The molecule has 1 aromatic heterocycles. The average molecular weight is 459 g/mol. The summed E-state index contributed by atoms with van der Waals surface area (Å²) in [5.74, 6) is -0.552. The molecule has 1 aliphatic rings. The van der Waals surface area contributed by atoms with E-state index in [2.05, 4.69) is 4.98 Å². The number of likely N-dealkylation sites (tertiary alicyclic amines) is 1. The topological polar surface area (TPSA) is 89.0 Å². The van der Waals surface area contributed by atoms with Crippen LogP contribution in [0, 0.1) is 0 Å². The minimum absolute atomic E-state index is 0.00888. The summed E-state index contributed by atoms with van der Waals surface area (Å²) < 4.78 is 11.2. The molecule has 1 N–H and O–H groups in total. The second kappa shape index (κ2) is 9.79. The summed E-state index contributed by atoms with van der Waals surface area (Å²) in [6.07, 6.45) is 3.15. The van der Waals surface area contributed by atoms with Crippen LogP contribution < -0.4 is 9.47 Å².